The molecule has 10 nitrogen and oxygen atoms in total. The first-order valence-corrected chi connectivity index (χ1v) is 9.37. The van der Waals surface area contributed by atoms with Crippen molar-refractivity contribution in [3.8, 4) is 0 Å². The van der Waals surface area contributed by atoms with Crippen LogP contribution in [0, 0.1) is 0 Å². The molecule has 158 valence electrons. The quantitative estimate of drug-likeness (QED) is 0.400. The Kier molecular flexibility index (Phi) is 8.56. The number of oxime groups is 1. The summed E-state index contributed by atoms with van der Waals surface area (Å²) in [6.45, 7) is 2.42. The van der Waals surface area contributed by atoms with Gasteiger partial charge in [0.2, 0.25) is 5.91 Å². The SMILES string of the molecule is CC[C@H](NC(=O)c1ccc(C=NON)cc1)C(=O)N1CCC(OCC(=O)O)CC1. The van der Waals surface area contributed by atoms with Crippen LogP contribution in [-0.4, -0.2) is 65.8 Å². The van der Waals surface area contributed by atoms with Crippen LogP contribution in [0.15, 0.2) is 29.4 Å². The van der Waals surface area contributed by atoms with Crippen LogP contribution in [-0.2, 0) is 19.3 Å². The fraction of sp³-hybridized carbons (Fsp3) is 0.474. The number of likely N-dealkylation sites (tertiary alicyclic amines) is 1. The number of ether oxygens (including phenoxy) is 1. The topological polar surface area (TPSA) is 144 Å². The summed E-state index contributed by atoms with van der Waals surface area (Å²) < 4.78 is 5.28. The molecular formula is C19H26N4O6. The molecule has 2 amide bonds. The second kappa shape index (κ2) is 11.1. The predicted octanol–water partition coefficient (Wildman–Crippen LogP) is 0.511. The van der Waals surface area contributed by atoms with Crippen LogP contribution in [0.2, 0.25) is 0 Å². The number of hydrogen-bond donors (Lipinski definition) is 3. The Labute approximate surface area is 168 Å². The molecule has 1 heterocycles. The van der Waals surface area contributed by atoms with Crippen LogP contribution in [0.5, 0.6) is 0 Å². The van der Waals surface area contributed by atoms with Gasteiger partial charge in [0.1, 0.15) is 12.6 Å². The lowest BCUT2D eigenvalue weighted by molar-refractivity contribution is -0.147. The first-order chi connectivity index (χ1) is 13.9. The molecule has 0 saturated carbocycles. The standard InChI is InChI=1S/C19H26N4O6/c1-2-16(19(27)23-9-7-15(8-10-23)28-12-17(24)25)22-18(26)14-5-3-13(4-6-14)11-21-29-20/h3-6,11,15-16H,2,7-10,12,20H2,1H3,(H,22,26)(H,24,25)/t16-/m0/s1. The summed E-state index contributed by atoms with van der Waals surface area (Å²) in [5.41, 5.74) is 1.13. The molecule has 0 radical (unpaired) electrons. The molecule has 1 saturated heterocycles. The Morgan fingerprint density at radius 1 is 1.31 bits per heavy atom. The van der Waals surface area contributed by atoms with Gasteiger partial charge in [0.25, 0.3) is 5.91 Å². The van der Waals surface area contributed by atoms with E-state index in [-0.39, 0.29) is 24.5 Å². The van der Waals surface area contributed by atoms with Crippen LogP contribution >= 0.6 is 0 Å². The van der Waals surface area contributed by atoms with E-state index in [1.165, 1.54) is 6.21 Å². The van der Waals surface area contributed by atoms with Crippen LogP contribution in [0.4, 0.5) is 0 Å². The van der Waals surface area contributed by atoms with Crippen molar-refractivity contribution in [3.05, 3.63) is 35.4 Å². The van der Waals surface area contributed by atoms with Crippen molar-refractivity contribution in [2.24, 2.45) is 11.1 Å². The Hall–Kier alpha value is -2.98. The van der Waals surface area contributed by atoms with Gasteiger partial charge in [-0.05, 0) is 37.0 Å². The fourth-order valence-electron chi connectivity index (χ4n) is 3.04. The second-order valence-electron chi connectivity index (χ2n) is 6.63. The van der Waals surface area contributed by atoms with E-state index in [4.69, 9.17) is 15.7 Å². The normalized spacial score (nSPS) is 15.9. The second-order valence-corrected chi connectivity index (χ2v) is 6.63. The van der Waals surface area contributed by atoms with Gasteiger partial charge in [-0.2, -0.15) is 0 Å². The molecule has 4 N–H and O–H groups in total. The number of aliphatic carboxylic acids is 1. The van der Waals surface area contributed by atoms with Crippen molar-refractivity contribution in [1.29, 1.82) is 0 Å². The fourth-order valence-corrected chi connectivity index (χ4v) is 3.04. The van der Waals surface area contributed by atoms with Crippen LogP contribution in [0.1, 0.15) is 42.1 Å². The zero-order valence-corrected chi connectivity index (χ0v) is 16.2. The summed E-state index contributed by atoms with van der Waals surface area (Å²) in [6, 6.07) is 5.97. The average molecular weight is 406 g/mol. The molecule has 29 heavy (non-hydrogen) atoms. The van der Waals surface area contributed by atoms with Gasteiger partial charge < -0.3 is 25.0 Å². The summed E-state index contributed by atoms with van der Waals surface area (Å²) in [5.74, 6) is 3.32. The lowest BCUT2D eigenvalue weighted by atomic mass is 10.1. The number of carboxylic acids is 1. The Morgan fingerprint density at radius 2 is 1.97 bits per heavy atom. The zero-order chi connectivity index (χ0) is 21.2. The van der Waals surface area contributed by atoms with E-state index in [1.807, 2.05) is 6.92 Å². The molecule has 0 aromatic heterocycles. The third-order valence-electron chi connectivity index (χ3n) is 4.64. The molecule has 1 aliphatic heterocycles. The van der Waals surface area contributed by atoms with E-state index < -0.39 is 12.0 Å². The van der Waals surface area contributed by atoms with E-state index in [9.17, 15) is 14.4 Å². The first kappa shape index (κ1) is 22.3. The number of nitrogens with two attached hydrogens (primary N) is 1. The van der Waals surface area contributed by atoms with Crippen LogP contribution in [0.3, 0.4) is 0 Å². The van der Waals surface area contributed by atoms with Gasteiger partial charge in [0.15, 0.2) is 0 Å². The van der Waals surface area contributed by atoms with Gasteiger partial charge in [-0.3, -0.25) is 9.59 Å². The molecule has 1 atom stereocenters. The number of amides is 2. The summed E-state index contributed by atoms with van der Waals surface area (Å²) in [7, 11) is 0. The highest BCUT2D eigenvalue weighted by molar-refractivity contribution is 5.98. The Balaban J connectivity index is 1.88. The van der Waals surface area contributed by atoms with E-state index >= 15 is 0 Å². The highest BCUT2D eigenvalue weighted by atomic mass is 16.7. The smallest absolute Gasteiger partial charge is 0.329 e. The number of nitrogens with zero attached hydrogens (tertiary/aromatic N) is 2. The lowest BCUT2D eigenvalue weighted by Gasteiger charge is -2.34. The van der Waals surface area contributed by atoms with Crippen LogP contribution < -0.4 is 11.2 Å². The largest absolute Gasteiger partial charge is 0.480 e. The van der Waals surface area contributed by atoms with E-state index in [0.29, 0.717) is 43.5 Å². The number of rotatable bonds is 9. The monoisotopic (exact) mass is 406 g/mol. The Bertz CT molecular complexity index is 729. The molecule has 1 fully saturated rings. The minimum atomic E-state index is -1.01. The molecule has 10 heteroatoms. The van der Waals surface area contributed by atoms with Gasteiger partial charge in [-0.1, -0.05) is 24.2 Å². The molecule has 1 aromatic rings. The maximum atomic E-state index is 12.8. The van der Waals surface area contributed by atoms with Crippen molar-refractivity contribution in [2.45, 2.75) is 38.3 Å². The van der Waals surface area contributed by atoms with E-state index in [2.05, 4.69) is 15.4 Å². The highest BCUT2D eigenvalue weighted by Gasteiger charge is 2.29. The minimum absolute atomic E-state index is 0.151. The average Bonchev–Trinajstić information content (AvgIpc) is 2.74. The summed E-state index contributed by atoms with van der Waals surface area (Å²) in [6.07, 6.45) is 2.83. The van der Waals surface area contributed by atoms with E-state index in [1.54, 1.807) is 29.2 Å². The molecule has 0 aliphatic carbocycles. The predicted molar refractivity (Wildman–Crippen MR) is 104 cm³/mol. The maximum absolute atomic E-state index is 12.8. The molecule has 0 bridgehead atoms. The van der Waals surface area contributed by atoms with Gasteiger partial charge in [0.05, 0.1) is 12.3 Å². The number of piperidine rings is 1. The third kappa shape index (κ3) is 6.84. The molecule has 1 aliphatic rings. The minimum Gasteiger partial charge on any atom is -0.480 e. The molecular weight excluding hydrogens is 380 g/mol. The molecule has 0 unspecified atom stereocenters. The van der Waals surface area contributed by atoms with Crippen LogP contribution in [0.25, 0.3) is 0 Å². The highest BCUT2D eigenvalue weighted by Crippen LogP contribution is 2.15. The third-order valence-corrected chi connectivity index (χ3v) is 4.64. The number of benzene rings is 1. The van der Waals surface area contributed by atoms with Crippen molar-refractivity contribution in [1.82, 2.24) is 10.2 Å². The zero-order valence-electron chi connectivity index (χ0n) is 16.2. The van der Waals surface area contributed by atoms with Crippen molar-refractivity contribution in [3.63, 3.8) is 0 Å². The molecule has 2 rings (SSSR count). The number of carbonyl (C=O) groups excluding carboxylic acids is 2. The Morgan fingerprint density at radius 3 is 2.52 bits per heavy atom. The van der Waals surface area contributed by atoms with Gasteiger partial charge in [-0.15, -0.1) is 5.90 Å². The number of carboxylic acid groups (broad SMARTS) is 1. The maximum Gasteiger partial charge on any atom is 0.329 e. The van der Waals surface area contributed by atoms with Gasteiger partial charge in [-0.25, -0.2) is 4.79 Å². The van der Waals surface area contributed by atoms with Crippen molar-refractivity contribution < 1.29 is 29.2 Å². The lowest BCUT2D eigenvalue weighted by Crippen LogP contribution is -2.51. The summed E-state index contributed by atoms with van der Waals surface area (Å²) >= 11 is 0. The summed E-state index contributed by atoms with van der Waals surface area (Å²) in [4.78, 5) is 41.6. The molecule has 1 aromatic carbocycles. The van der Waals surface area contributed by atoms with Crippen molar-refractivity contribution in [2.75, 3.05) is 19.7 Å². The number of hydrogen-bond acceptors (Lipinski definition) is 7. The van der Waals surface area contributed by atoms with E-state index in [0.717, 1.165) is 0 Å². The van der Waals surface area contributed by atoms with Gasteiger partial charge in [0, 0.05) is 18.7 Å². The van der Waals surface area contributed by atoms with Gasteiger partial charge >= 0.3 is 5.97 Å². The first-order valence-electron chi connectivity index (χ1n) is 9.37. The number of nitrogens with one attached hydrogen (secondary N) is 1. The number of carbonyl (C=O) groups is 3. The van der Waals surface area contributed by atoms with Crippen molar-refractivity contribution >= 4 is 24.0 Å². The summed E-state index contributed by atoms with van der Waals surface area (Å²) in [5, 5.41) is 14.9. The molecule has 0 spiro atoms.